The second-order valence-corrected chi connectivity index (χ2v) is 11.5. The van der Waals surface area contributed by atoms with Gasteiger partial charge in [-0.3, -0.25) is 4.79 Å². The van der Waals surface area contributed by atoms with Gasteiger partial charge in [0.1, 0.15) is 0 Å². The molecule has 6 nitrogen and oxygen atoms in total. The molecule has 1 aromatic heterocycles. The third-order valence-electron chi connectivity index (χ3n) is 6.21. The Morgan fingerprint density at radius 1 is 1.18 bits per heavy atom. The molecule has 0 N–H and O–H groups in total. The van der Waals surface area contributed by atoms with Crippen LogP contribution in [0.3, 0.4) is 0 Å². The molecule has 1 amide bonds. The standard InChI is InChI=1S/C25H29N3O3S2/c1-4-16-28-22-15-10-18(2)17-23(22)32-25(28)26-24(29)19-11-13-21(14-12-19)33(30,31)27(3)20-8-6-5-7-9-20/h4,10-15,17,20H,1,5-9,16H2,2-3H3. The van der Waals surface area contributed by atoms with Gasteiger partial charge in [-0.15, -0.1) is 6.58 Å². The first kappa shape index (κ1) is 23.6. The van der Waals surface area contributed by atoms with E-state index in [1.54, 1.807) is 25.3 Å². The molecule has 1 fully saturated rings. The van der Waals surface area contributed by atoms with E-state index < -0.39 is 15.9 Å². The van der Waals surface area contributed by atoms with E-state index in [0.29, 0.717) is 16.9 Å². The molecule has 0 radical (unpaired) electrons. The van der Waals surface area contributed by atoms with Gasteiger partial charge >= 0.3 is 0 Å². The summed E-state index contributed by atoms with van der Waals surface area (Å²) in [5, 5.41) is 0. The van der Waals surface area contributed by atoms with Gasteiger partial charge in [-0.25, -0.2) is 8.42 Å². The number of benzene rings is 2. The first-order valence-electron chi connectivity index (χ1n) is 11.2. The van der Waals surface area contributed by atoms with Gasteiger partial charge in [0.25, 0.3) is 5.91 Å². The summed E-state index contributed by atoms with van der Waals surface area (Å²) >= 11 is 1.45. The van der Waals surface area contributed by atoms with Crippen LogP contribution in [0.5, 0.6) is 0 Å². The monoisotopic (exact) mass is 483 g/mol. The highest BCUT2D eigenvalue weighted by molar-refractivity contribution is 7.89. The molecule has 3 aromatic rings. The van der Waals surface area contributed by atoms with E-state index in [4.69, 9.17) is 0 Å². The fourth-order valence-corrected chi connectivity index (χ4v) is 6.85. The van der Waals surface area contributed by atoms with Gasteiger partial charge in [0.15, 0.2) is 4.80 Å². The van der Waals surface area contributed by atoms with Crippen molar-refractivity contribution in [2.75, 3.05) is 7.05 Å². The second-order valence-electron chi connectivity index (χ2n) is 8.51. The molecule has 0 saturated heterocycles. The van der Waals surface area contributed by atoms with Crippen molar-refractivity contribution in [1.82, 2.24) is 8.87 Å². The molecule has 4 rings (SSSR count). The van der Waals surface area contributed by atoms with E-state index in [0.717, 1.165) is 47.9 Å². The van der Waals surface area contributed by atoms with E-state index in [9.17, 15) is 13.2 Å². The Balaban J connectivity index is 1.62. The Hall–Kier alpha value is -2.55. The summed E-state index contributed by atoms with van der Waals surface area (Å²) in [6, 6.07) is 12.3. The van der Waals surface area contributed by atoms with Crippen molar-refractivity contribution in [3.8, 4) is 0 Å². The SMILES string of the molecule is C=CCn1c(=NC(=O)c2ccc(S(=O)(=O)N(C)C3CCCCC3)cc2)sc2cc(C)ccc21. The lowest BCUT2D eigenvalue weighted by molar-refractivity contribution is 0.0997. The molecule has 0 atom stereocenters. The Labute approximate surface area is 199 Å². The fourth-order valence-electron chi connectivity index (χ4n) is 4.30. The molecule has 0 aliphatic heterocycles. The highest BCUT2D eigenvalue weighted by Gasteiger charge is 2.29. The van der Waals surface area contributed by atoms with Gasteiger partial charge in [0.2, 0.25) is 10.0 Å². The zero-order valence-corrected chi connectivity index (χ0v) is 20.7. The Morgan fingerprint density at radius 2 is 1.88 bits per heavy atom. The molecule has 0 spiro atoms. The van der Waals surface area contributed by atoms with Crippen LogP contribution in [0.1, 0.15) is 48.0 Å². The number of rotatable bonds is 6. The van der Waals surface area contributed by atoms with Gasteiger partial charge < -0.3 is 4.57 Å². The minimum Gasteiger partial charge on any atom is -0.312 e. The number of carbonyl (C=O) groups is 1. The van der Waals surface area contributed by atoms with Crippen LogP contribution in [0.25, 0.3) is 10.2 Å². The highest BCUT2D eigenvalue weighted by Crippen LogP contribution is 2.26. The lowest BCUT2D eigenvalue weighted by Crippen LogP contribution is -2.38. The summed E-state index contributed by atoms with van der Waals surface area (Å²) < 4.78 is 30.6. The van der Waals surface area contributed by atoms with Crippen LogP contribution in [0.2, 0.25) is 0 Å². The van der Waals surface area contributed by atoms with E-state index in [1.807, 2.05) is 23.6 Å². The summed E-state index contributed by atoms with van der Waals surface area (Å²) in [4.78, 5) is 18.0. The molecular weight excluding hydrogens is 454 g/mol. The number of amides is 1. The summed E-state index contributed by atoms with van der Waals surface area (Å²) in [5.74, 6) is -0.402. The van der Waals surface area contributed by atoms with E-state index in [1.165, 1.54) is 27.8 Å². The molecule has 8 heteroatoms. The van der Waals surface area contributed by atoms with Crippen LogP contribution in [-0.2, 0) is 16.6 Å². The molecular formula is C25H29N3O3S2. The number of thiazole rings is 1. The molecule has 174 valence electrons. The van der Waals surface area contributed by atoms with E-state index in [-0.39, 0.29) is 10.9 Å². The van der Waals surface area contributed by atoms with Crippen LogP contribution in [-0.4, -0.2) is 36.3 Å². The van der Waals surface area contributed by atoms with E-state index in [2.05, 4.69) is 17.6 Å². The number of allylic oxidation sites excluding steroid dienone is 1. The third kappa shape index (κ3) is 4.88. The summed E-state index contributed by atoms with van der Waals surface area (Å²) in [7, 11) is -1.94. The van der Waals surface area contributed by atoms with Crippen molar-refractivity contribution >= 4 is 37.5 Å². The number of nitrogens with zero attached hydrogens (tertiary/aromatic N) is 3. The Kier molecular flexibility index (Phi) is 6.97. The average molecular weight is 484 g/mol. The van der Waals surface area contributed by atoms with Gasteiger partial charge in [0, 0.05) is 25.2 Å². The topological polar surface area (TPSA) is 71.7 Å². The first-order chi connectivity index (χ1) is 15.8. The number of aromatic nitrogens is 1. The van der Waals surface area contributed by atoms with Gasteiger partial charge in [-0.1, -0.05) is 42.7 Å². The zero-order valence-electron chi connectivity index (χ0n) is 19.0. The number of sulfonamides is 1. The first-order valence-corrected chi connectivity index (χ1v) is 13.4. The minimum absolute atomic E-state index is 0.0389. The molecule has 1 saturated carbocycles. The van der Waals surface area contributed by atoms with Gasteiger partial charge in [-0.2, -0.15) is 9.30 Å². The molecule has 33 heavy (non-hydrogen) atoms. The van der Waals surface area contributed by atoms with Crippen molar-refractivity contribution < 1.29 is 13.2 Å². The predicted octanol–water partition coefficient (Wildman–Crippen LogP) is 4.89. The van der Waals surface area contributed by atoms with E-state index >= 15 is 0 Å². The van der Waals surface area contributed by atoms with Crippen molar-refractivity contribution in [3.63, 3.8) is 0 Å². The Bertz CT molecular complexity index is 1350. The van der Waals surface area contributed by atoms with Crippen molar-refractivity contribution in [1.29, 1.82) is 0 Å². The Morgan fingerprint density at radius 3 is 2.55 bits per heavy atom. The molecule has 0 bridgehead atoms. The summed E-state index contributed by atoms with van der Waals surface area (Å²) in [5.41, 5.74) is 2.50. The third-order valence-corrected chi connectivity index (χ3v) is 9.18. The normalized spacial score (nSPS) is 15.9. The number of fused-ring (bicyclic) bond motifs is 1. The lowest BCUT2D eigenvalue weighted by Gasteiger charge is -2.30. The van der Waals surface area contributed by atoms with Crippen molar-refractivity contribution in [3.05, 3.63) is 71.0 Å². The quantitative estimate of drug-likeness (QED) is 0.469. The maximum Gasteiger partial charge on any atom is 0.279 e. The number of hydrogen-bond acceptors (Lipinski definition) is 4. The van der Waals surface area contributed by atoms with Crippen LogP contribution in [0.4, 0.5) is 0 Å². The molecule has 0 unspecified atom stereocenters. The molecule has 1 heterocycles. The average Bonchev–Trinajstić information content (AvgIpc) is 3.15. The van der Waals surface area contributed by atoms with Gasteiger partial charge in [-0.05, 0) is 61.7 Å². The van der Waals surface area contributed by atoms with Crippen molar-refractivity contribution in [2.45, 2.75) is 56.5 Å². The van der Waals surface area contributed by atoms with Crippen LogP contribution < -0.4 is 4.80 Å². The largest absolute Gasteiger partial charge is 0.312 e. The minimum atomic E-state index is -3.60. The predicted molar refractivity (Wildman–Crippen MR) is 133 cm³/mol. The lowest BCUT2D eigenvalue weighted by atomic mass is 9.96. The number of aryl methyl sites for hydroxylation is 1. The fraction of sp³-hybridized carbons (Fsp3) is 0.360. The molecule has 2 aromatic carbocycles. The van der Waals surface area contributed by atoms with Crippen LogP contribution in [0, 0.1) is 6.92 Å². The molecule has 1 aliphatic carbocycles. The maximum absolute atomic E-state index is 13.1. The number of carbonyl (C=O) groups excluding carboxylic acids is 1. The maximum atomic E-state index is 13.1. The summed E-state index contributed by atoms with van der Waals surface area (Å²) in [6.45, 7) is 6.38. The van der Waals surface area contributed by atoms with Crippen LogP contribution in [0.15, 0.2) is 65.0 Å². The van der Waals surface area contributed by atoms with Gasteiger partial charge in [0.05, 0.1) is 15.1 Å². The molecule has 1 aliphatic rings. The zero-order chi connectivity index (χ0) is 23.6. The summed E-state index contributed by atoms with van der Waals surface area (Å²) in [6.07, 6.45) is 6.84. The second kappa shape index (κ2) is 9.75. The smallest absolute Gasteiger partial charge is 0.279 e. The highest BCUT2D eigenvalue weighted by atomic mass is 32.2. The van der Waals surface area contributed by atoms with Crippen molar-refractivity contribution in [2.24, 2.45) is 4.99 Å². The number of hydrogen-bond donors (Lipinski definition) is 0. The van der Waals surface area contributed by atoms with Crippen LogP contribution >= 0.6 is 11.3 Å².